The number of ether oxygens (including phenoxy) is 1. The van der Waals surface area contributed by atoms with E-state index < -0.39 is 5.97 Å². The first-order valence-electron chi connectivity index (χ1n) is 7.64. The molecule has 126 valence electrons. The SMILES string of the molecule is CC1(CCOc2cccn(-c3ccc(C(=O)O)c(Cl)n3)c2=O)CC1. The van der Waals surface area contributed by atoms with Crippen molar-refractivity contribution in [3.63, 3.8) is 0 Å². The second-order valence-electron chi connectivity index (χ2n) is 6.27. The number of nitrogens with zero attached hydrogens (tertiary/aromatic N) is 2. The highest BCUT2D eigenvalue weighted by Gasteiger charge is 2.36. The Bertz CT molecular complexity index is 843. The lowest BCUT2D eigenvalue weighted by Crippen LogP contribution is -2.21. The maximum Gasteiger partial charge on any atom is 0.338 e. The molecule has 0 aliphatic heterocycles. The van der Waals surface area contributed by atoms with Crippen molar-refractivity contribution in [2.24, 2.45) is 5.41 Å². The van der Waals surface area contributed by atoms with Crippen LogP contribution in [0.25, 0.3) is 5.82 Å². The quantitative estimate of drug-likeness (QED) is 0.811. The second kappa shape index (κ2) is 6.28. The standard InChI is InChI=1S/C17H17ClN2O4/c1-17(6-7-17)8-10-24-12-3-2-9-20(15(12)21)13-5-4-11(16(22)23)14(18)19-13/h2-5,9H,6-8,10H2,1H3,(H,22,23). The normalized spacial score (nSPS) is 15.1. The molecular formula is C17H17ClN2O4. The van der Waals surface area contributed by atoms with Gasteiger partial charge in [0.2, 0.25) is 0 Å². The maximum atomic E-state index is 12.5. The van der Waals surface area contributed by atoms with Crippen molar-refractivity contribution < 1.29 is 14.6 Å². The van der Waals surface area contributed by atoms with Gasteiger partial charge in [0, 0.05) is 6.20 Å². The summed E-state index contributed by atoms with van der Waals surface area (Å²) in [5.41, 5.74) is -0.112. The Labute approximate surface area is 143 Å². The molecule has 24 heavy (non-hydrogen) atoms. The minimum atomic E-state index is -1.17. The van der Waals surface area contributed by atoms with Gasteiger partial charge in [-0.15, -0.1) is 0 Å². The molecule has 0 bridgehead atoms. The van der Waals surface area contributed by atoms with Crippen LogP contribution in [0.2, 0.25) is 5.15 Å². The lowest BCUT2D eigenvalue weighted by atomic mass is 10.1. The van der Waals surface area contributed by atoms with Crippen molar-refractivity contribution in [3.05, 3.63) is 51.5 Å². The number of carboxylic acid groups (broad SMARTS) is 1. The topological polar surface area (TPSA) is 81.4 Å². The minimum absolute atomic E-state index is 0.112. The Hall–Kier alpha value is -2.34. The monoisotopic (exact) mass is 348 g/mol. The molecule has 1 aliphatic carbocycles. The lowest BCUT2D eigenvalue weighted by molar-refractivity contribution is 0.0696. The van der Waals surface area contributed by atoms with Crippen LogP contribution in [-0.4, -0.2) is 27.2 Å². The first kappa shape index (κ1) is 16.5. The highest BCUT2D eigenvalue weighted by atomic mass is 35.5. The highest BCUT2D eigenvalue weighted by molar-refractivity contribution is 6.32. The molecule has 0 saturated heterocycles. The summed E-state index contributed by atoms with van der Waals surface area (Å²) in [7, 11) is 0. The number of aromatic nitrogens is 2. The molecule has 1 aliphatic rings. The van der Waals surface area contributed by atoms with Crippen LogP contribution in [0.5, 0.6) is 5.75 Å². The van der Waals surface area contributed by atoms with Crippen LogP contribution in [0.1, 0.15) is 36.5 Å². The number of hydrogen-bond acceptors (Lipinski definition) is 4. The fraction of sp³-hybridized carbons (Fsp3) is 0.353. The third kappa shape index (κ3) is 3.43. The molecular weight excluding hydrogens is 332 g/mol. The third-order valence-electron chi connectivity index (χ3n) is 4.29. The van der Waals surface area contributed by atoms with Gasteiger partial charge in [-0.3, -0.25) is 9.36 Å². The van der Waals surface area contributed by atoms with Crippen molar-refractivity contribution in [2.45, 2.75) is 26.2 Å². The molecule has 2 aromatic rings. The van der Waals surface area contributed by atoms with Crippen molar-refractivity contribution in [1.82, 2.24) is 9.55 Å². The van der Waals surface area contributed by atoms with E-state index in [2.05, 4.69) is 11.9 Å². The van der Waals surface area contributed by atoms with E-state index in [1.54, 1.807) is 12.1 Å². The number of halogens is 1. The molecule has 3 rings (SSSR count). The van der Waals surface area contributed by atoms with E-state index in [1.165, 1.54) is 35.7 Å². The van der Waals surface area contributed by atoms with Crippen molar-refractivity contribution in [3.8, 4) is 11.6 Å². The molecule has 0 amide bonds. The summed E-state index contributed by atoms with van der Waals surface area (Å²) in [4.78, 5) is 27.5. The highest BCUT2D eigenvalue weighted by Crippen LogP contribution is 2.47. The van der Waals surface area contributed by atoms with Gasteiger partial charge in [-0.05, 0) is 48.9 Å². The zero-order valence-electron chi connectivity index (χ0n) is 13.2. The van der Waals surface area contributed by atoms with Crippen LogP contribution in [-0.2, 0) is 0 Å². The molecule has 6 nitrogen and oxygen atoms in total. The van der Waals surface area contributed by atoms with E-state index in [4.69, 9.17) is 21.4 Å². The summed E-state index contributed by atoms with van der Waals surface area (Å²) in [5, 5.41) is 8.81. The minimum Gasteiger partial charge on any atom is -0.488 e. The maximum absolute atomic E-state index is 12.5. The molecule has 0 unspecified atom stereocenters. The summed E-state index contributed by atoms with van der Waals surface area (Å²) in [6, 6.07) is 6.05. The third-order valence-corrected chi connectivity index (χ3v) is 4.58. The summed E-state index contributed by atoms with van der Waals surface area (Å²) < 4.78 is 6.90. The second-order valence-corrected chi connectivity index (χ2v) is 6.63. The summed E-state index contributed by atoms with van der Waals surface area (Å²) in [5.74, 6) is -0.686. The van der Waals surface area contributed by atoms with Crippen molar-refractivity contribution in [2.75, 3.05) is 6.61 Å². The molecule has 0 aromatic carbocycles. The van der Waals surface area contributed by atoms with E-state index in [1.807, 2.05) is 0 Å². The van der Waals surface area contributed by atoms with Gasteiger partial charge in [-0.2, -0.15) is 0 Å². The van der Waals surface area contributed by atoms with Crippen LogP contribution in [0.3, 0.4) is 0 Å². The largest absolute Gasteiger partial charge is 0.488 e. The van der Waals surface area contributed by atoms with Gasteiger partial charge in [-0.1, -0.05) is 18.5 Å². The van der Waals surface area contributed by atoms with Gasteiger partial charge in [0.1, 0.15) is 11.0 Å². The molecule has 2 aromatic heterocycles. The summed E-state index contributed by atoms with van der Waals surface area (Å²) in [6.45, 7) is 2.69. The first-order valence-corrected chi connectivity index (χ1v) is 8.02. The van der Waals surface area contributed by atoms with E-state index >= 15 is 0 Å². The van der Waals surface area contributed by atoms with Gasteiger partial charge < -0.3 is 9.84 Å². The Morgan fingerprint density at radius 2 is 2.17 bits per heavy atom. The summed E-state index contributed by atoms with van der Waals surface area (Å²) >= 11 is 5.87. The molecule has 0 spiro atoms. The lowest BCUT2D eigenvalue weighted by Gasteiger charge is -2.11. The molecule has 1 fully saturated rings. The number of pyridine rings is 2. The molecule has 0 radical (unpaired) electrons. The van der Waals surface area contributed by atoms with Gasteiger partial charge in [0.05, 0.1) is 12.2 Å². The number of rotatable bonds is 6. The van der Waals surface area contributed by atoms with E-state index in [-0.39, 0.29) is 27.8 Å². The number of aromatic carboxylic acids is 1. The Morgan fingerprint density at radius 3 is 2.79 bits per heavy atom. The Kier molecular flexibility index (Phi) is 4.32. The van der Waals surface area contributed by atoms with Crippen molar-refractivity contribution >= 4 is 17.6 Å². The van der Waals surface area contributed by atoms with Gasteiger partial charge >= 0.3 is 5.97 Å². The zero-order valence-corrected chi connectivity index (χ0v) is 13.9. The molecule has 0 atom stereocenters. The van der Waals surface area contributed by atoms with E-state index in [9.17, 15) is 9.59 Å². The van der Waals surface area contributed by atoms with Crippen LogP contribution in [0.4, 0.5) is 0 Å². The molecule has 1 N–H and O–H groups in total. The first-order chi connectivity index (χ1) is 11.4. The average Bonchev–Trinajstić information content (AvgIpc) is 3.26. The van der Waals surface area contributed by atoms with Crippen LogP contribution in [0.15, 0.2) is 35.3 Å². The zero-order chi connectivity index (χ0) is 17.3. The Morgan fingerprint density at radius 1 is 1.42 bits per heavy atom. The number of carbonyl (C=O) groups is 1. The molecule has 2 heterocycles. The number of hydrogen-bond donors (Lipinski definition) is 1. The number of carboxylic acids is 1. The average molecular weight is 349 g/mol. The van der Waals surface area contributed by atoms with E-state index in [0.29, 0.717) is 12.0 Å². The predicted molar refractivity (Wildman–Crippen MR) is 89.3 cm³/mol. The predicted octanol–water partition coefficient (Wildman–Crippen LogP) is 3.15. The van der Waals surface area contributed by atoms with Gasteiger partial charge in [-0.25, -0.2) is 9.78 Å². The van der Waals surface area contributed by atoms with Crippen LogP contribution in [0, 0.1) is 5.41 Å². The van der Waals surface area contributed by atoms with Crippen LogP contribution >= 0.6 is 11.6 Å². The molecule has 7 heteroatoms. The van der Waals surface area contributed by atoms with E-state index in [0.717, 1.165) is 6.42 Å². The fourth-order valence-electron chi connectivity index (χ4n) is 2.35. The van der Waals surface area contributed by atoms with Gasteiger partial charge in [0.25, 0.3) is 5.56 Å². The Balaban J connectivity index is 1.83. The van der Waals surface area contributed by atoms with Crippen molar-refractivity contribution in [1.29, 1.82) is 0 Å². The fourth-order valence-corrected chi connectivity index (χ4v) is 2.58. The smallest absolute Gasteiger partial charge is 0.338 e. The molecule has 1 saturated carbocycles. The van der Waals surface area contributed by atoms with Gasteiger partial charge in [0.15, 0.2) is 5.75 Å². The summed E-state index contributed by atoms with van der Waals surface area (Å²) in [6.07, 6.45) is 4.86. The van der Waals surface area contributed by atoms with Crippen LogP contribution < -0.4 is 10.3 Å².